The molecule has 0 bridgehead atoms. The van der Waals surface area contributed by atoms with E-state index < -0.39 is 40.9 Å². The summed E-state index contributed by atoms with van der Waals surface area (Å²) in [5.74, 6) is -0.851. The fourth-order valence-corrected chi connectivity index (χ4v) is 6.63. The molecular weight excluding hydrogens is 420 g/mol. The Morgan fingerprint density at radius 1 is 1.03 bits per heavy atom. The molecule has 29 heavy (non-hydrogen) atoms. The Morgan fingerprint density at radius 3 is 2.31 bits per heavy atom. The first-order chi connectivity index (χ1) is 13.7. The third-order valence-electron chi connectivity index (χ3n) is 4.94. The third-order valence-corrected chi connectivity index (χ3v) is 8.92. The van der Waals surface area contributed by atoms with Gasteiger partial charge in [0.1, 0.15) is 0 Å². The van der Waals surface area contributed by atoms with Crippen LogP contribution in [0.4, 0.5) is 0 Å². The van der Waals surface area contributed by atoms with Gasteiger partial charge in [-0.25, -0.2) is 21.6 Å². The number of benzene rings is 1. The number of aromatic nitrogens is 2. The molecule has 156 valence electrons. The smallest absolute Gasteiger partial charge is 0.382 e. The van der Waals surface area contributed by atoms with E-state index in [2.05, 4.69) is 9.84 Å². The van der Waals surface area contributed by atoms with E-state index in [0.29, 0.717) is 12.8 Å². The minimum absolute atomic E-state index is 0.0441. The monoisotopic (exact) mass is 441 g/mol. The number of ether oxygens (including phenoxy) is 1. The van der Waals surface area contributed by atoms with Crippen LogP contribution in [0.1, 0.15) is 42.5 Å². The molecule has 1 heterocycles. The van der Waals surface area contributed by atoms with Crippen molar-refractivity contribution in [1.29, 1.82) is 0 Å². The number of rotatable bonds is 5. The maximum Gasteiger partial charge on any atom is 0.382 e. The van der Waals surface area contributed by atoms with Crippen LogP contribution in [-0.4, -0.2) is 40.3 Å². The highest BCUT2D eigenvalue weighted by atomic mass is 32.2. The van der Waals surface area contributed by atoms with Gasteiger partial charge < -0.3 is 4.74 Å². The third kappa shape index (κ3) is 3.97. The van der Waals surface area contributed by atoms with E-state index in [-0.39, 0.29) is 15.0 Å². The van der Waals surface area contributed by atoms with Gasteiger partial charge in [-0.3, -0.25) is 0 Å². The lowest BCUT2D eigenvalue weighted by Gasteiger charge is -2.18. The van der Waals surface area contributed by atoms with Crippen LogP contribution in [0.2, 0.25) is 0 Å². The Morgan fingerprint density at radius 2 is 1.69 bits per heavy atom. The molecular formula is C18H21N2O7S2+. The first-order valence-electron chi connectivity index (χ1n) is 9.02. The van der Waals surface area contributed by atoms with E-state index in [9.17, 15) is 26.5 Å². The lowest BCUT2D eigenvalue weighted by molar-refractivity contribution is -0.610. The molecule has 1 fully saturated rings. The number of nitrogens with one attached hydrogen (secondary N) is 1. The fraction of sp³-hybridized carbons (Fsp3) is 0.389. The van der Waals surface area contributed by atoms with Crippen LogP contribution in [0.5, 0.6) is 0 Å². The maximum atomic E-state index is 12.9. The topological polar surface area (TPSA) is 133 Å². The minimum atomic E-state index is -4.31. The molecule has 1 N–H and O–H groups in total. The van der Waals surface area contributed by atoms with Crippen molar-refractivity contribution in [1.82, 2.24) is 5.10 Å². The molecule has 1 aliphatic carbocycles. The van der Waals surface area contributed by atoms with Gasteiger partial charge in [-0.15, -0.1) is 5.10 Å². The Bertz CT molecular complexity index is 1190. The summed E-state index contributed by atoms with van der Waals surface area (Å²) in [6, 6.07) is 7.40. The largest absolute Gasteiger partial charge is 0.465 e. The molecule has 3 rings (SSSR count). The second-order valence-electron chi connectivity index (χ2n) is 6.74. The van der Waals surface area contributed by atoms with Crippen molar-refractivity contribution in [2.45, 2.75) is 52.3 Å². The number of H-pyrrole nitrogens is 1. The van der Waals surface area contributed by atoms with E-state index in [1.54, 1.807) is 0 Å². The molecule has 1 aromatic heterocycles. The summed E-state index contributed by atoms with van der Waals surface area (Å²) in [5, 5.41) is 0.367. The summed E-state index contributed by atoms with van der Waals surface area (Å²) in [5.41, 5.74) is -0.195. The van der Waals surface area contributed by atoms with Gasteiger partial charge in [0, 0.05) is 6.07 Å². The molecule has 0 atom stereocenters. The molecule has 1 aliphatic rings. The average Bonchev–Trinajstić information content (AvgIpc) is 2.73. The quantitative estimate of drug-likeness (QED) is 0.551. The van der Waals surface area contributed by atoms with Crippen molar-refractivity contribution in [3.8, 4) is 0 Å². The first kappa shape index (κ1) is 21.2. The van der Waals surface area contributed by atoms with Crippen LogP contribution in [0.3, 0.4) is 0 Å². The molecule has 0 aliphatic heterocycles. The van der Waals surface area contributed by atoms with Crippen molar-refractivity contribution in [2.24, 2.45) is 0 Å². The number of carbonyl (C=O) groups is 1. The SMILES string of the molecule is COC(=O)c1ccccc1S(=O)(=O)c1ccc(S(=O)(=O)C2CCCCC2)[n+](=O)[nH]1. The van der Waals surface area contributed by atoms with E-state index in [1.807, 2.05) is 0 Å². The normalized spacial score (nSPS) is 15.8. The zero-order chi connectivity index (χ0) is 21.2. The molecule has 0 radical (unpaired) electrons. The average molecular weight is 442 g/mol. The highest BCUT2D eigenvalue weighted by Gasteiger charge is 2.38. The van der Waals surface area contributed by atoms with E-state index in [4.69, 9.17) is 0 Å². The van der Waals surface area contributed by atoms with Crippen LogP contribution in [-0.2, 0) is 24.4 Å². The van der Waals surface area contributed by atoms with Gasteiger partial charge in [0.25, 0.3) is 0 Å². The van der Waals surface area contributed by atoms with Gasteiger partial charge >= 0.3 is 11.0 Å². The standard InChI is InChI=1S/C18H21N2O7S2/c1-27-18(21)14-9-5-6-10-15(14)29(25,26)16-11-12-17(20(22)19-16)28(23,24)13-7-3-2-4-8-13/h5-6,9-13H,2-4,7-8H2,1H3,(H,19,22)/q+1. The highest BCUT2D eigenvalue weighted by Crippen LogP contribution is 2.28. The predicted octanol–water partition coefficient (Wildman–Crippen LogP) is 1.66. The number of hydrogen-bond acceptors (Lipinski definition) is 7. The van der Waals surface area contributed by atoms with Crippen molar-refractivity contribution >= 4 is 25.6 Å². The number of methoxy groups -OCH3 is 1. The second kappa shape index (κ2) is 8.07. The van der Waals surface area contributed by atoms with Crippen molar-refractivity contribution in [2.75, 3.05) is 7.11 Å². The molecule has 0 amide bonds. The molecule has 0 spiro atoms. The Balaban J connectivity index is 2.05. The van der Waals surface area contributed by atoms with E-state index >= 15 is 0 Å². The Labute approximate surface area is 168 Å². The summed E-state index contributed by atoms with van der Waals surface area (Å²) in [7, 11) is -7.08. The van der Waals surface area contributed by atoms with Crippen molar-refractivity contribution < 1.29 is 30.9 Å². The van der Waals surface area contributed by atoms with Gasteiger partial charge in [-0.2, -0.15) is 0 Å². The van der Waals surface area contributed by atoms with Crippen LogP contribution in [0, 0.1) is 4.91 Å². The molecule has 1 aromatic carbocycles. The van der Waals surface area contributed by atoms with Crippen LogP contribution < -0.4 is 4.54 Å². The zero-order valence-electron chi connectivity index (χ0n) is 15.7. The summed E-state index contributed by atoms with van der Waals surface area (Å²) < 4.78 is 56.0. The lowest BCUT2D eigenvalue weighted by Crippen LogP contribution is -2.35. The Hall–Kier alpha value is -2.53. The summed E-state index contributed by atoms with van der Waals surface area (Å²) >= 11 is 0. The van der Waals surface area contributed by atoms with Gasteiger partial charge in [-0.05, 0) is 31.0 Å². The van der Waals surface area contributed by atoms with Gasteiger partial charge in [0.05, 0.1) is 27.7 Å². The molecule has 9 nitrogen and oxygen atoms in total. The van der Waals surface area contributed by atoms with Crippen molar-refractivity contribution in [3.63, 3.8) is 0 Å². The number of aromatic amines is 1. The summed E-state index contributed by atoms with van der Waals surface area (Å²) in [6.45, 7) is 0. The maximum absolute atomic E-state index is 12.9. The fourth-order valence-electron chi connectivity index (χ4n) is 3.41. The zero-order valence-corrected chi connectivity index (χ0v) is 17.3. The van der Waals surface area contributed by atoms with Gasteiger partial charge in [0.2, 0.25) is 19.7 Å². The number of nitrogens with zero attached hydrogens (tertiary/aromatic N) is 1. The second-order valence-corrected chi connectivity index (χ2v) is 10.8. The Kier molecular flexibility index (Phi) is 5.90. The molecule has 0 unspecified atom stereocenters. The molecule has 11 heteroatoms. The number of esters is 1. The van der Waals surface area contributed by atoms with Crippen molar-refractivity contribution in [3.05, 3.63) is 46.9 Å². The van der Waals surface area contributed by atoms with Crippen LogP contribution in [0.25, 0.3) is 0 Å². The molecule has 1 saturated carbocycles. The van der Waals surface area contributed by atoms with Gasteiger partial charge in [-0.1, -0.05) is 31.4 Å². The minimum Gasteiger partial charge on any atom is -0.465 e. The predicted molar refractivity (Wildman–Crippen MR) is 101 cm³/mol. The molecule has 2 aromatic rings. The summed E-state index contributed by atoms with van der Waals surface area (Å²) in [6.07, 6.45) is 3.42. The molecule has 0 saturated heterocycles. The lowest BCUT2D eigenvalue weighted by atomic mass is 10.0. The van der Waals surface area contributed by atoms with Crippen LogP contribution >= 0.6 is 0 Å². The number of sulfone groups is 2. The number of hydrogen-bond donors (Lipinski definition) is 1. The summed E-state index contributed by atoms with van der Waals surface area (Å²) in [4.78, 5) is 23.9. The van der Waals surface area contributed by atoms with E-state index in [1.165, 1.54) is 24.3 Å². The first-order valence-corrected chi connectivity index (χ1v) is 12.0. The van der Waals surface area contributed by atoms with E-state index in [0.717, 1.165) is 38.5 Å². The number of carbonyl (C=O) groups excluding carboxylic acids is 1. The van der Waals surface area contributed by atoms with Gasteiger partial charge in [0.15, 0.2) is 9.57 Å². The van der Waals surface area contributed by atoms with Crippen LogP contribution in [0.15, 0.2) is 51.3 Å². The highest BCUT2D eigenvalue weighted by molar-refractivity contribution is 7.92.